The molecule has 19 heavy (non-hydrogen) atoms. The average Bonchev–Trinajstić information content (AvgIpc) is 2.92. The monoisotopic (exact) mass is 280 g/mol. The van der Waals surface area contributed by atoms with E-state index in [-0.39, 0.29) is 17.2 Å². The van der Waals surface area contributed by atoms with E-state index in [2.05, 4.69) is 10.3 Å². The lowest BCUT2D eigenvalue weighted by Crippen LogP contribution is -2.27. The second kappa shape index (κ2) is 5.79. The van der Waals surface area contributed by atoms with Crippen LogP contribution < -0.4 is 5.32 Å². The molecule has 0 aliphatic carbocycles. The van der Waals surface area contributed by atoms with E-state index in [1.54, 1.807) is 6.20 Å². The topological polar surface area (TPSA) is 62.2 Å². The van der Waals surface area contributed by atoms with Crippen molar-refractivity contribution in [2.24, 2.45) is 0 Å². The summed E-state index contributed by atoms with van der Waals surface area (Å²) in [6.07, 6.45) is 1.71. The highest BCUT2D eigenvalue weighted by molar-refractivity contribution is 7.09. The van der Waals surface area contributed by atoms with Gasteiger partial charge in [0.05, 0.1) is 10.6 Å². The molecule has 100 valence electrons. The number of hydrogen-bond donors (Lipinski definition) is 2. The van der Waals surface area contributed by atoms with Crippen molar-refractivity contribution >= 4 is 17.2 Å². The molecule has 1 amide bonds. The first-order valence-corrected chi connectivity index (χ1v) is 6.62. The first-order valence-electron chi connectivity index (χ1n) is 5.74. The quantitative estimate of drug-likeness (QED) is 0.904. The summed E-state index contributed by atoms with van der Waals surface area (Å²) in [7, 11) is 0. The Morgan fingerprint density at radius 2 is 2.37 bits per heavy atom. The minimum absolute atomic E-state index is 0.0636. The van der Waals surface area contributed by atoms with Gasteiger partial charge in [-0.3, -0.25) is 4.79 Å². The van der Waals surface area contributed by atoms with Crippen LogP contribution in [0.2, 0.25) is 0 Å². The molecule has 0 bridgehead atoms. The maximum atomic E-state index is 13.0. The third-order valence-electron chi connectivity index (χ3n) is 2.65. The van der Waals surface area contributed by atoms with Crippen LogP contribution in [0.5, 0.6) is 5.75 Å². The molecule has 1 atom stereocenters. The number of nitrogens with one attached hydrogen (secondary N) is 1. The molecule has 0 aliphatic heterocycles. The van der Waals surface area contributed by atoms with Crippen LogP contribution in [0.1, 0.15) is 28.2 Å². The van der Waals surface area contributed by atoms with E-state index >= 15 is 0 Å². The van der Waals surface area contributed by atoms with Crippen LogP contribution in [0.25, 0.3) is 0 Å². The summed E-state index contributed by atoms with van der Waals surface area (Å²) < 4.78 is 13.0. The molecule has 1 aromatic carbocycles. The van der Waals surface area contributed by atoms with E-state index in [0.29, 0.717) is 6.54 Å². The minimum atomic E-state index is -0.559. The molecule has 0 saturated heterocycles. The van der Waals surface area contributed by atoms with Crippen LogP contribution in [0.15, 0.2) is 29.8 Å². The highest BCUT2D eigenvalue weighted by Gasteiger charge is 2.14. The molecule has 0 radical (unpaired) electrons. The summed E-state index contributed by atoms with van der Waals surface area (Å²) in [6, 6.07) is 3.28. The van der Waals surface area contributed by atoms with Crippen molar-refractivity contribution in [2.75, 3.05) is 6.54 Å². The molecule has 0 spiro atoms. The van der Waals surface area contributed by atoms with E-state index in [4.69, 9.17) is 0 Å². The number of phenolic OH excluding ortho intramolecular Hbond substituents is 1. The molecule has 2 rings (SSSR count). The Bertz CT molecular complexity index is 572. The van der Waals surface area contributed by atoms with Crippen molar-refractivity contribution in [3.8, 4) is 5.75 Å². The number of aromatic nitrogens is 1. The standard InChI is InChI=1S/C13H13FN2O2S/c1-8(13-15-4-5-19-13)7-16-12(18)10-6-9(14)2-3-11(10)17/h2-6,8,17H,7H2,1H3,(H,16,18). The average molecular weight is 280 g/mol. The highest BCUT2D eigenvalue weighted by Crippen LogP contribution is 2.19. The third-order valence-corrected chi connectivity index (χ3v) is 3.65. The van der Waals surface area contributed by atoms with Crippen LogP contribution in [0, 0.1) is 5.82 Å². The lowest BCUT2D eigenvalue weighted by molar-refractivity contribution is 0.0948. The summed E-state index contributed by atoms with van der Waals surface area (Å²) in [5.74, 6) is -1.23. The first kappa shape index (κ1) is 13.5. The van der Waals surface area contributed by atoms with Crippen LogP contribution in [-0.2, 0) is 0 Å². The number of carbonyl (C=O) groups excluding carboxylic acids is 1. The predicted molar refractivity (Wildman–Crippen MR) is 70.9 cm³/mol. The van der Waals surface area contributed by atoms with Crippen LogP contribution in [0.3, 0.4) is 0 Å². The normalized spacial score (nSPS) is 12.1. The maximum absolute atomic E-state index is 13.0. The van der Waals surface area contributed by atoms with Gasteiger partial charge in [0, 0.05) is 24.0 Å². The molecule has 1 aromatic heterocycles. The zero-order valence-corrected chi connectivity index (χ0v) is 11.1. The molecule has 1 heterocycles. The Balaban J connectivity index is 2.00. The zero-order valence-electron chi connectivity index (χ0n) is 10.3. The lowest BCUT2D eigenvalue weighted by atomic mass is 10.1. The fourth-order valence-electron chi connectivity index (χ4n) is 1.60. The molecule has 0 saturated carbocycles. The summed E-state index contributed by atoms with van der Waals surface area (Å²) in [6.45, 7) is 2.31. The molecule has 0 fully saturated rings. The first-order chi connectivity index (χ1) is 9.08. The van der Waals surface area contributed by atoms with Gasteiger partial charge in [-0.25, -0.2) is 9.37 Å². The predicted octanol–water partition coefficient (Wildman–Crippen LogP) is 2.52. The number of halogens is 1. The number of hydrogen-bond acceptors (Lipinski definition) is 4. The second-order valence-corrected chi connectivity index (χ2v) is 5.07. The summed E-state index contributed by atoms with van der Waals surface area (Å²) in [5.41, 5.74) is -0.0636. The Kier molecular flexibility index (Phi) is 4.11. The van der Waals surface area contributed by atoms with Crippen molar-refractivity contribution in [3.63, 3.8) is 0 Å². The van der Waals surface area contributed by atoms with Crippen molar-refractivity contribution in [2.45, 2.75) is 12.8 Å². The molecule has 1 unspecified atom stereocenters. The van der Waals surface area contributed by atoms with Gasteiger partial charge in [-0.15, -0.1) is 11.3 Å². The summed E-state index contributed by atoms with van der Waals surface area (Å²) in [5, 5.41) is 15.0. The van der Waals surface area contributed by atoms with E-state index in [1.165, 1.54) is 11.3 Å². The van der Waals surface area contributed by atoms with E-state index in [1.807, 2.05) is 12.3 Å². The van der Waals surface area contributed by atoms with E-state index in [9.17, 15) is 14.3 Å². The number of nitrogens with zero attached hydrogens (tertiary/aromatic N) is 1. The lowest BCUT2D eigenvalue weighted by Gasteiger charge is -2.11. The van der Waals surface area contributed by atoms with Crippen molar-refractivity contribution in [1.82, 2.24) is 10.3 Å². The summed E-state index contributed by atoms with van der Waals surface area (Å²) >= 11 is 1.51. The van der Waals surface area contributed by atoms with Gasteiger partial charge in [0.1, 0.15) is 11.6 Å². The fraction of sp³-hybridized carbons (Fsp3) is 0.231. The molecular weight excluding hydrogens is 267 g/mol. The van der Waals surface area contributed by atoms with Gasteiger partial charge < -0.3 is 10.4 Å². The van der Waals surface area contributed by atoms with Gasteiger partial charge in [-0.1, -0.05) is 6.92 Å². The highest BCUT2D eigenvalue weighted by atomic mass is 32.1. The largest absolute Gasteiger partial charge is 0.507 e. The zero-order chi connectivity index (χ0) is 13.8. The molecular formula is C13H13FN2O2S. The van der Waals surface area contributed by atoms with Gasteiger partial charge in [-0.2, -0.15) is 0 Å². The van der Waals surface area contributed by atoms with E-state index < -0.39 is 11.7 Å². The number of rotatable bonds is 4. The molecule has 4 nitrogen and oxygen atoms in total. The van der Waals surface area contributed by atoms with Gasteiger partial charge in [0.2, 0.25) is 0 Å². The van der Waals surface area contributed by atoms with E-state index in [0.717, 1.165) is 23.2 Å². The number of thiazole rings is 1. The molecule has 6 heteroatoms. The number of benzene rings is 1. The molecule has 2 aromatic rings. The van der Waals surface area contributed by atoms with Gasteiger partial charge in [0.25, 0.3) is 5.91 Å². The Morgan fingerprint density at radius 3 is 3.05 bits per heavy atom. The van der Waals surface area contributed by atoms with Gasteiger partial charge in [-0.05, 0) is 18.2 Å². The smallest absolute Gasteiger partial charge is 0.255 e. The van der Waals surface area contributed by atoms with Crippen molar-refractivity contribution in [1.29, 1.82) is 0 Å². The van der Waals surface area contributed by atoms with Crippen LogP contribution in [0.4, 0.5) is 4.39 Å². The fourth-order valence-corrected chi connectivity index (χ4v) is 2.29. The summed E-state index contributed by atoms with van der Waals surface area (Å²) in [4.78, 5) is 16.0. The number of aromatic hydroxyl groups is 1. The SMILES string of the molecule is CC(CNC(=O)c1cc(F)ccc1O)c1nccs1. The van der Waals surface area contributed by atoms with Crippen LogP contribution >= 0.6 is 11.3 Å². The number of phenols is 1. The third kappa shape index (κ3) is 3.29. The molecule has 0 aliphatic rings. The van der Waals surface area contributed by atoms with Crippen LogP contribution in [-0.4, -0.2) is 22.5 Å². The Morgan fingerprint density at radius 1 is 1.58 bits per heavy atom. The molecule has 2 N–H and O–H groups in total. The Labute approximate surface area is 113 Å². The van der Waals surface area contributed by atoms with Crippen molar-refractivity contribution in [3.05, 3.63) is 46.2 Å². The van der Waals surface area contributed by atoms with Gasteiger partial charge >= 0.3 is 0 Å². The number of amides is 1. The minimum Gasteiger partial charge on any atom is -0.507 e. The van der Waals surface area contributed by atoms with Gasteiger partial charge in [0.15, 0.2) is 0 Å². The van der Waals surface area contributed by atoms with Crippen molar-refractivity contribution < 1.29 is 14.3 Å². The number of carbonyl (C=O) groups is 1. The maximum Gasteiger partial charge on any atom is 0.255 e. The Hall–Kier alpha value is -1.95. The second-order valence-electron chi connectivity index (χ2n) is 4.14.